The summed E-state index contributed by atoms with van der Waals surface area (Å²) in [7, 11) is 0. The van der Waals surface area contributed by atoms with E-state index in [0.717, 1.165) is 0 Å². The second-order valence-electron chi connectivity index (χ2n) is 12.6. The highest BCUT2D eigenvalue weighted by molar-refractivity contribution is 5.95. The number of carbonyl (C=O) groups is 4. The summed E-state index contributed by atoms with van der Waals surface area (Å²) in [4.78, 5) is 53.4. The van der Waals surface area contributed by atoms with E-state index in [1.807, 2.05) is 13.8 Å². The summed E-state index contributed by atoms with van der Waals surface area (Å²) in [6.45, 7) is 9.36. The first kappa shape index (κ1) is 29.4. The van der Waals surface area contributed by atoms with Gasteiger partial charge in [-0.15, -0.1) is 0 Å². The Morgan fingerprint density at radius 2 is 1.63 bits per heavy atom. The number of hydrogen-bond donors (Lipinski definition) is 2. The van der Waals surface area contributed by atoms with Crippen LogP contribution in [-0.4, -0.2) is 76.6 Å². The standard InChI is InChI=1S/C31H38O10/c1-15-20(34)12-19-24(40-28(37)18-10-8-7-9-11-18)26-30(6,21(35)13-22-31(26,14-38-22)41-17(3)33)27(36)25(39-16(2)32)23(15)29(19,4)5/h7-11,19-22,24-26,34-35H,12-14H2,1-6H3/t19-,20-,21-,22+,24+,25+,26-,30+,31-/m0/s1. The van der Waals surface area contributed by atoms with E-state index >= 15 is 0 Å². The van der Waals surface area contributed by atoms with Crippen LogP contribution in [0.2, 0.25) is 0 Å². The van der Waals surface area contributed by atoms with Crippen molar-refractivity contribution >= 4 is 23.7 Å². The zero-order valence-corrected chi connectivity index (χ0v) is 24.2. The molecule has 3 aliphatic carbocycles. The molecule has 1 aromatic rings. The average molecular weight is 571 g/mol. The van der Waals surface area contributed by atoms with Gasteiger partial charge >= 0.3 is 17.9 Å². The van der Waals surface area contributed by atoms with Crippen molar-refractivity contribution in [3.63, 3.8) is 0 Å². The van der Waals surface area contributed by atoms with Gasteiger partial charge in [0.05, 0.1) is 35.7 Å². The van der Waals surface area contributed by atoms with Crippen LogP contribution in [0.1, 0.15) is 64.7 Å². The molecule has 0 aromatic heterocycles. The average Bonchev–Trinajstić information content (AvgIpc) is 2.89. The monoisotopic (exact) mass is 570 g/mol. The Morgan fingerprint density at radius 3 is 2.20 bits per heavy atom. The largest absolute Gasteiger partial charge is 0.458 e. The Morgan fingerprint density at radius 1 is 0.976 bits per heavy atom. The molecule has 1 aliphatic heterocycles. The van der Waals surface area contributed by atoms with Crippen molar-refractivity contribution in [2.75, 3.05) is 6.61 Å². The number of Topliss-reactive ketones (excluding diaryl/α,β-unsaturated/α-hetero) is 1. The Balaban J connectivity index is 1.79. The number of hydrogen-bond acceptors (Lipinski definition) is 10. The van der Waals surface area contributed by atoms with Crippen molar-refractivity contribution in [1.82, 2.24) is 0 Å². The Labute approximate surface area is 239 Å². The van der Waals surface area contributed by atoms with Crippen molar-refractivity contribution in [2.24, 2.45) is 22.7 Å². The molecule has 1 heterocycles. The van der Waals surface area contributed by atoms with E-state index in [9.17, 15) is 29.4 Å². The Bertz CT molecular complexity index is 1300. The summed E-state index contributed by atoms with van der Waals surface area (Å²) in [5.41, 5.74) is -2.84. The fraction of sp³-hybridized carbons (Fsp3) is 0.613. The lowest BCUT2D eigenvalue weighted by Gasteiger charge is -2.65. The van der Waals surface area contributed by atoms with E-state index in [-0.39, 0.29) is 25.0 Å². The van der Waals surface area contributed by atoms with Crippen LogP contribution in [0.5, 0.6) is 0 Å². The summed E-state index contributed by atoms with van der Waals surface area (Å²) >= 11 is 0. The molecule has 2 N–H and O–H groups in total. The maximum Gasteiger partial charge on any atom is 0.338 e. The van der Waals surface area contributed by atoms with Gasteiger partial charge in [0.15, 0.2) is 17.5 Å². The van der Waals surface area contributed by atoms with Crippen LogP contribution in [-0.2, 0) is 33.3 Å². The lowest BCUT2D eigenvalue weighted by molar-refractivity contribution is -0.335. The molecule has 1 saturated heterocycles. The lowest BCUT2D eigenvalue weighted by Crippen LogP contribution is -2.79. The van der Waals surface area contributed by atoms with E-state index in [1.165, 1.54) is 13.8 Å². The number of aliphatic hydroxyl groups is 2. The van der Waals surface area contributed by atoms with Gasteiger partial charge in [-0.1, -0.05) is 32.0 Å². The molecule has 2 saturated carbocycles. The normalized spacial score (nSPS) is 39.2. The van der Waals surface area contributed by atoms with E-state index < -0.39 is 82.5 Å². The number of benzene rings is 1. The van der Waals surface area contributed by atoms with Crippen molar-refractivity contribution in [2.45, 2.75) is 90.5 Å². The Kier molecular flexibility index (Phi) is 7.19. The SMILES string of the molecule is CC(=O)O[C@H]1C(=O)[C@@]2(C)[C@H]([C@H](OC(=O)c3ccccc3)[C@@H]3C[C@H](O)C(C)=C1C3(C)C)[C@]1(OC(C)=O)CO[C@@H]1C[C@@H]2O. The molecule has 0 unspecified atom stereocenters. The van der Waals surface area contributed by atoms with Gasteiger partial charge in [0, 0.05) is 26.2 Å². The number of fused-ring (bicyclic) bond motifs is 5. The molecule has 0 spiro atoms. The topological polar surface area (TPSA) is 146 Å². The van der Waals surface area contributed by atoms with Crippen LogP contribution in [0.15, 0.2) is 41.5 Å². The van der Waals surface area contributed by atoms with Gasteiger partial charge in [0.25, 0.3) is 0 Å². The highest BCUT2D eigenvalue weighted by Gasteiger charge is 2.75. The maximum absolute atomic E-state index is 14.8. The second kappa shape index (κ2) is 10.0. The van der Waals surface area contributed by atoms with Crippen molar-refractivity contribution in [3.8, 4) is 0 Å². The fourth-order valence-electron chi connectivity index (χ4n) is 7.98. The Hall–Kier alpha value is -3.08. The van der Waals surface area contributed by atoms with E-state index in [1.54, 1.807) is 44.2 Å². The number of esters is 3. The molecular weight excluding hydrogens is 532 g/mol. The molecule has 0 radical (unpaired) electrons. The van der Waals surface area contributed by atoms with Crippen LogP contribution in [0.4, 0.5) is 0 Å². The quantitative estimate of drug-likeness (QED) is 0.315. The third-order valence-corrected chi connectivity index (χ3v) is 10.0. The van der Waals surface area contributed by atoms with Gasteiger partial charge in [-0.3, -0.25) is 14.4 Å². The molecule has 10 heteroatoms. The van der Waals surface area contributed by atoms with E-state index in [4.69, 9.17) is 18.9 Å². The summed E-state index contributed by atoms with van der Waals surface area (Å²) in [6, 6.07) is 8.38. The third kappa shape index (κ3) is 4.33. The number of aliphatic hydroxyl groups excluding tert-OH is 2. The van der Waals surface area contributed by atoms with Crippen LogP contribution in [0.25, 0.3) is 0 Å². The molecule has 10 nitrogen and oxygen atoms in total. The molecule has 3 fully saturated rings. The first-order valence-electron chi connectivity index (χ1n) is 14.0. The van der Waals surface area contributed by atoms with Crippen molar-refractivity contribution < 1.29 is 48.3 Å². The number of ketones is 1. The van der Waals surface area contributed by atoms with Crippen LogP contribution in [0, 0.1) is 22.7 Å². The first-order valence-corrected chi connectivity index (χ1v) is 14.0. The first-order chi connectivity index (χ1) is 19.2. The molecule has 9 atom stereocenters. The molecule has 5 rings (SSSR count). The molecule has 0 amide bonds. The number of carbonyl (C=O) groups excluding carboxylic acids is 4. The maximum atomic E-state index is 14.8. The van der Waals surface area contributed by atoms with Gasteiger partial charge in [-0.25, -0.2) is 4.79 Å². The molecule has 4 aliphatic rings. The summed E-state index contributed by atoms with van der Waals surface area (Å²) in [5.74, 6) is -4.30. The van der Waals surface area contributed by atoms with Crippen LogP contribution in [0.3, 0.4) is 0 Å². The van der Waals surface area contributed by atoms with Gasteiger partial charge in [-0.2, -0.15) is 0 Å². The summed E-state index contributed by atoms with van der Waals surface area (Å²) in [6.07, 6.45) is -5.48. The highest BCUT2D eigenvalue weighted by atomic mass is 16.6. The summed E-state index contributed by atoms with van der Waals surface area (Å²) in [5, 5.41) is 22.9. The molecule has 41 heavy (non-hydrogen) atoms. The minimum Gasteiger partial charge on any atom is -0.458 e. The predicted molar refractivity (Wildman–Crippen MR) is 143 cm³/mol. The predicted octanol–water partition coefficient (Wildman–Crippen LogP) is 2.54. The highest BCUT2D eigenvalue weighted by Crippen LogP contribution is 2.63. The molecule has 1 aromatic carbocycles. The van der Waals surface area contributed by atoms with E-state index in [2.05, 4.69) is 0 Å². The fourth-order valence-corrected chi connectivity index (χ4v) is 7.98. The second-order valence-corrected chi connectivity index (χ2v) is 12.6. The van der Waals surface area contributed by atoms with E-state index in [0.29, 0.717) is 11.1 Å². The van der Waals surface area contributed by atoms with Crippen molar-refractivity contribution in [3.05, 3.63) is 47.0 Å². The molecule has 2 bridgehead atoms. The number of ether oxygens (including phenoxy) is 4. The smallest absolute Gasteiger partial charge is 0.338 e. The summed E-state index contributed by atoms with van der Waals surface area (Å²) < 4.78 is 23.8. The zero-order valence-electron chi connectivity index (χ0n) is 24.2. The van der Waals surface area contributed by atoms with Gasteiger partial charge in [0.2, 0.25) is 0 Å². The minimum atomic E-state index is -1.69. The van der Waals surface area contributed by atoms with Gasteiger partial charge < -0.3 is 29.2 Å². The zero-order chi connectivity index (χ0) is 30.1. The van der Waals surface area contributed by atoms with Gasteiger partial charge in [0.1, 0.15) is 12.2 Å². The molecule has 222 valence electrons. The lowest BCUT2D eigenvalue weighted by atomic mass is 9.46. The molecular formula is C31H38O10. The minimum absolute atomic E-state index is 0.0210. The van der Waals surface area contributed by atoms with Crippen LogP contribution < -0.4 is 0 Å². The van der Waals surface area contributed by atoms with Crippen molar-refractivity contribution in [1.29, 1.82) is 0 Å². The number of rotatable bonds is 4. The third-order valence-electron chi connectivity index (χ3n) is 10.0. The van der Waals surface area contributed by atoms with Gasteiger partial charge in [-0.05, 0) is 49.0 Å². The van der Waals surface area contributed by atoms with Crippen LogP contribution >= 0.6 is 0 Å².